The van der Waals surface area contributed by atoms with Crippen LogP contribution in [-0.4, -0.2) is 40.0 Å². The van der Waals surface area contributed by atoms with Crippen LogP contribution in [0.1, 0.15) is 40.3 Å². The van der Waals surface area contributed by atoms with E-state index < -0.39 is 11.7 Å². The minimum Gasteiger partial charge on any atom is -0.462 e. The van der Waals surface area contributed by atoms with Gasteiger partial charge in [0, 0.05) is 16.9 Å². The van der Waals surface area contributed by atoms with Gasteiger partial charge < -0.3 is 15.0 Å². The monoisotopic (exact) mass is 389 g/mol. The van der Waals surface area contributed by atoms with Crippen LogP contribution in [0.3, 0.4) is 0 Å². The van der Waals surface area contributed by atoms with Gasteiger partial charge in [-0.05, 0) is 32.9 Å². The number of esters is 1. The lowest BCUT2D eigenvalue weighted by molar-refractivity contribution is -0.113. The van der Waals surface area contributed by atoms with E-state index in [0.717, 1.165) is 11.8 Å². The Bertz CT molecular complexity index is 939. The second-order valence-corrected chi connectivity index (χ2v) is 6.51. The average molecular weight is 389 g/mol. The smallest absolute Gasteiger partial charge is 0.346 e. The fourth-order valence-electron chi connectivity index (χ4n) is 2.25. The molecular weight excluding hydrogens is 370 g/mol. The Morgan fingerprint density at radius 1 is 1.30 bits per heavy atom. The maximum atomic E-state index is 12.2. The topological polar surface area (TPSA) is 118 Å². The van der Waals surface area contributed by atoms with Crippen molar-refractivity contribution in [2.45, 2.75) is 25.8 Å². The molecule has 0 fully saturated rings. The molecule has 2 aromatic rings. The van der Waals surface area contributed by atoms with Crippen molar-refractivity contribution in [2.75, 3.05) is 17.7 Å². The first-order valence-corrected chi connectivity index (χ1v) is 9.12. The number of rotatable bonds is 7. The number of hydrogen-bond donors (Lipinski definition) is 2. The van der Waals surface area contributed by atoms with Crippen LogP contribution in [0.5, 0.6) is 0 Å². The van der Waals surface area contributed by atoms with Gasteiger partial charge >= 0.3 is 11.7 Å². The summed E-state index contributed by atoms with van der Waals surface area (Å²) < 4.78 is 4.98. The molecule has 27 heavy (non-hydrogen) atoms. The first kappa shape index (κ1) is 20.4. The lowest BCUT2D eigenvalue weighted by Gasteiger charge is -2.10. The third kappa shape index (κ3) is 5.52. The second-order valence-electron chi connectivity index (χ2n) is 5.54. The summed E-state index contributed by atoms with van der Waals surface area (Å²) in [4.78, 5) is 53.6. The summed E-state index contributed by atoms with van der Waals surface area (Å²) >= 11 is 0.956. The number of carbonyl (C=O) groups excluding carboxylic acids is 3. The van der Waals surface area contributed by atoms with E-state index in [4.69, 9.17) is 4.74 Å². The van der Waals surface area contributed by atoms with Crippen LogP contribution in [0.25, 0.3) is 0 Å². The summed E-state index contributed by atoms with van der Waals surface area (Å²) in [5.74, 6) is -1.17. The van der Waals surface area contributed by atoms with Gasteiger partial charge in [0.25, 0.3) is 0 Å². The average Bonchev–Trinajstić information content (AvgIpc) is 2.59. The number of carbonyl (C=O) groups is 3. The third-order valence-electron chi connectivity index (χ3n) is 3.46. The Kier molecular flexibility index (Phi) is 6.89. The normalized spacial score (nSPS) is 10.3. The number of hydrogen-bond acceptors (Lipinski definition) is 7. The van der Waals surface area contributed by atoms with Gasteiger partial charge in [-0.2, -0.15) is 4.98 Å². The minimum atomic E-state index is -0.615. The zero-order valence-electron chi connectivity index (χ0n) is 15.1. The van der Waals surface area contributed by atoms with Crippen molar-refractivity contribution in [2.24, 2.45) is 0 Å². The molecule has 0 spiro atoms. The highest BCUT2D eigenvalue weighted by molar-refractivity contribution is 8.00. The number of aromatic nitrogens is 2. The van der Waals surface area contributed by atoms with E-state index in [1.807, 2.05) is 0 Å². The van der Waals surface area contributed by atoms with E-state index in [1.165, 1.54) is 6.92 Å². The van der Waals surface area contributed by atoms with Crippen molar-refractivity contribution in [1.29, 1.82) is 0 Å². The van der Waals surface area contributed by atoms with E-state index >= 15 is 0 Å². The summed E-state index contributed by atoms with van der Waals surface area (Å²) in [5, 5.41) is 2.80. The molecule has 0 aliphatic rings. The van der Waals surface area contributed by atoms with Crippen molar-refractivity contribution in [3.63, 3.8) is 0 Å². The fourth-order valence-corrected chi connectivity index (χ4v) is 3.12. The molecule has 2 rings (SSSR count). The summed E-state index contributed by atoms with van der Waals surface area (Å²) in [5.41, 5.74) is 0.807. The number of aromatic amines is 1. The summed E-state index contributed by atoms with van der Waals surface area (Å²) in [6.45, 7) is 4.84. The molecular formula is C18H19N3O5S. The summed E-state index contributed by atoms with van der Waals surface area (Å²) in [6.07, 6.45) is 0. The number of H-pyrrole nitrogens is 1. The van der Waals surface area contributed by atoms with Crippen molar-refractivity contribution >= 4 is 35.1 Å². The number of anilines is 1. The van der Waals surface area contributed by atoms with E-state index in [0.29, 0.717) is 16.9 Å². The van der Waals surface area contributed by atoms with E-state index in [9.17, 15) is 19.2 Å². The Hall–Kier alpha value is -2.94. The fraction of sp³-hybridized carbons (Fsp3) is 0.278. The lowest BCUT2D eigenvalue weighted by atomic mass is 10.1. The highest BCUT2D eigenvalue weighted by atomic mass is 32.2. The number of nitrogens with zero attached hydrogens (tertiary/aromatic N) is 1. The molecule has 0 unspecified atom stereocenters. The molecule has 8 nitrogen and oxygen atoms in total. The molecule has 0 saturated heterocycles. The highest BCUT2D eigenvalue weighted by Gasteiger charge is 2.20. The van der Waals surface area contributed by atoms with Gasteiger partial charge in [-0.3, -0.25) is 9.59 Å². The standard InChI is InChI=1S/C18H19N3O5S/c1-4-26-17(24)15-10(2)19-18(25)21-16(15)27-9-14(23)20-13-7-5-6-12(8-13)11(3)22/h5-8H,4,9H2,1-3H3,(H,20,23)(H,19,21,25). The summed E-state index contributed by atoms with van der Waals surface area (Å²) in [6, 6.07) is 6.56. The van der Waals surface area contributed by atoms with Gasteiger partial charge in [-0.25, -0.2) is 9.59 Å². The van der Waals surface area contributed by atoms with Gasteiger partial charge in [-0.1, -0.05) is 23.9 Å². The van der Waals surface area contributed by atoms with Gasteiger partial charge in [-0.15, -0.1) is 0 Å². The van der Waals surface area contributed by atoms with Gasteiger partial charge in [0.15, 0.2) is 5.78 Å². The highest BCUT2D eigenvalue weighted by Crippen LogP contribution is 2.22. The zero-order chi connectivity index (χ0) is 20.0. The minimum absolute atomic E-state index is 0.0768. The maximum absolute atomic E-state index is 12.2. The molecule has 1 aromatic carbocycles. The van der Waals surface area contributed by atoms with Gasteiger partial charge in [0.2, 0.25) is 5.91 Å². The predicted molar refractivity (Wildman–Crippen MR) is 101 cm³/mol. The number of benzene rings is 1. The van der Waals surface area contributed by atoms with Crippen LogP contribution in [0.15, 0.2) is 34.1 Å². The molecule has 0 aliphatic heterocycles. The van der Waals surface area contributed by atoms with Crippen LogP contribution in [-0.2, 0) is 9.53 Å². The Morgan fingerprint density at radius 3 is 2.70 bits per heavy atom. The van der Waals surface area contributed by atoms with Crippen LogP contribution < -0.4 is 11.0 Å². The van der Waals surface area contributed by atoms with E-state index in [1.54, 1.807) is 38.1 Å². The largest absolute Gasteiger partial charge is 0.462 e. The second kappa shape index (κ2) is 9.13. The molecule has 0 bridgehead atoms. The Labute approximate surface area is 159 Å². The molecule has 0 aliphatic carbocycles. The quantitative estimate of drug-likeness (QED) is 0.322. The molecule has 1 amide bonds. The lowest BCUT2D eigenvalue weighted by Crippen LogP contribution is -2.21. The maximum Gasteiger partial charge on any atom is 0.346 e. The van der Waals surface area contributed by atoms with Crippen LogP contribution in [0.2, 0.25) is 0 Å². The van der Waals surface area contributed by atoms with Crippen molar-refractivity contribution < 1.29 is 19.1 Å². The van der Waals surface area contributed by atoms with Crippen LogP contribution >= 0.6 is 11.8 Å². The first-order chi connectivity index (χ1) is 12.8. The van der Waals surface area contributed by atoms with Crippen LogP contribution in [0, 0.1) is 6.92 Å². The number of amides is 1. The number of ether oxygens (including phenoxy) is 1. The molecule has 1 aromatic heterocycles. The number of thioether (sulfide) groups is 1. The number of nitrogens with one attached hydrogen (secondary N) is 2. The zero-order valence-corrected chi connectivity index (χ0v) is 15.9. The van der Waals surface area contributed by atoms with E-state index in [-0.39, 0.29) is 34.6 Å². The number of Topliss-reactive ketones (excluding diaryl/α,β-unsaturated/α-hetero) is 1. The predicted octanol–water partition coefficient (Wildman–Crippen LogP) is 2.19. The Morgan fingerprint density at radius 2 is 2.04 bits per heavy atom. The molecule has 0 saturated carbocycles. The van der Waals surface area contributed by atoms with Gasteiger partial charge in [0.05, 0.1) is 12.4 Å². The number of ketones is 1. The molecule has 0 radical (unpaired) electrons. The molecule has 1 heterocycles. The SMILES string of the molecule is CCOC(=O)c1c(SCC(=O)Nc2cccc(C(C)=O)c2)nc(=O)[nH]c1C. The molecule has 142 valence electrons. The van der Waals surface area contributed by atoms with Crippen LogP contribution in [0.4, 0.5) is 5.69 Å². The van der Waals surface area contributed by atoms with Crippen molar-refractivity contribution in [3.8, 4) is 0 Å². The van der Waals surface area contributed by atoms with E-state index in [2.05, 4.69) is 15.3 Å². The first-order valence-electron chi connectivity index (χ1n) is 8.13. The third-order valence-corrected chi connectivity index (χ3v) is 4.43. The van der Waals surface area contributed by atoms with Gasteiger partial charge in [0.1, 0.15) is 10.6 Å². The summed E-state index contributed by atoms with van der Waals surface area (Å²) in [7, 11) is 0. The molecule has 2 N–H and O–H groups in total. The van der Waals surface area contributed by atoms with Crippen molar-refractivity contribution in [1.82, 2.24) is 9.97 Å². The van der Waals surface area contributed by atoms with Crippen molar-refractivity contribution in [3.05, 3.63) is 51.6 Å². The number of aryl methyl sites for hydroxylation is 1. The molecule has 0 atom stereocenters. The molecule has 9 heteroatoms. The Balaban J connectivity index is 2.13.